The second kappa shape index (κ2) is 9.95. The fourth-order valence-corrected chi connectivity index (χ4v) is 5.78. The molecule has 192 valence electrons. The van der Waals surface area contributed by atoms with Crippen molar-refractivity contribution in [2.24, 2.45) is 4.36 Å². The largest absolute Gasteiger partial charge is 0.494 e. The van der Waals surface area contributed by atoms with Crippen LogP contribution in [0.1, 0.15) is 41.0 Å². The first kappa shape index (κ1) is 24.9. The van der Waals surface area contributed by atoms with Gasteiger partial charge in [0.25, 0.3) is 0 Å². The number of nitrogens with zero attached hydrogens (tertiary/aromatic N) is 6. The summed E-state index contributed by atoms with van der Waals surface area (Å²) in [6, 6.07) is 9.41. The van der Waals surface area contributed by atoms with Gasteiger partial charge in [-0.25, -0.2) is 14.2 Å². The molecule has 0 saturated heterocycles. The molecule has 10 nitrogen and oxygen atoms in total. The van der Waals surface area contributed by atoms with E-state index in [4.69, 9.17) is 4.74 Å². The lowest BCUT2D eigenvalue weighted by Gasteiger charge is -2.38. The van der Waals surface area contributed by atoms with E-state index in [-0.39, 0.29) is 5.56 Å². The van der Waals surface area contributed by atoms with Crippen molar-refractivity contribution >= 4 is 38.8 Å². The average Bonchev–Trinajstić information content (AvgIpc) is 2.83. The standard InChI is InChI=1S/C26H30N8O2S/c1-34-14-16-7-5-8-19-23(16)17(15-34)11-20(24(19)36-2)29-26-28-13-18(12-27)25(32-26)31-21-9-6-10-22(30-21)33-37(3,4)35/h6,9-11,13,16H,5,7-8,14-15H2,1-4H3,(H2,28,29,30,31,32). The number of benzene rings is 1. The number of hydrogen-bond donors (Lipinski definition) is 2. The predicted molar refractivity (Wildman–Crippen MR) is 145 cm³/mol. The molecule has 1 unspecified atom stereocenters. The van der Waals surface area contributed by atoms with E-state index < -0.39 is 9.73 Å². The van der Waals surface area contributed by atoms with E-state index in [0.717, 1.165) is 37.4 Å². The Morgan fingerprint density at radius 1 is 1.27 bits per heavy atom. The molecule has 3 heterocycles. The van der Waals surface area contributed by atoms with Crippen LogP contribution in [-0.2, 0) is 22.7 Å². The lowest BCUT2D eigenvalue weighted by molar-refractivity contribution is 0.264. The van der Waals surface area contributed by atoms with Gasteiger partial charge in [0.2, 0.25) is 5.95 Å². The van der Waals surface area contributed by atoms with Crippen LogP contribution < -0.4 is 15.4 Å². The first-order valence-corrected chi connectivity index (χ1v) is 14.4. The Kier molecular flexibility index (Phi) is 6.70. The number of hydrogen-bond acceptors (Lipinski definition) is 10. The number of rotatable bonds is 6. The normalized spacial score (nSPS) is 16.9. The Bertz CT molecular complexity index is 1520. The highest BCUT2D eigenvalue weighted by molar-refractivity contribution is 7.92. The van der Waals surface area contributed by atoms with E-state index in [2.05, 4.69) is 54.0 Å². The molecule has 0 bridgehead atoms. The van der Waals surface area contributed by atoms with Gasteiger partial charge in [0, 0.05) is 40.9 Å². The van der Waals surface area contributed by atoms with Crippen molar-refractivity contribution in [2.75, 3.05) is 43.8 Å². The summed E-state index contributed by atoms with van der Waals surface area (Å²) in [7, 11) is 1.50. The molecular formula is C26H30N8O2S. The van der Waals surface area contributed by atoms with Gasteiger partial charge >= 0.3 is 0 Å². The second-order valence-electron chi connectivity index (χ2n) is 9.77. The van der Waals surface area contributed by atoms with Gasteiger partial charge < -0.3 is 20.3 Å². The van der Waals surface area contributed by atoms with Gasteiger partial charge in [0.1, 0.15) is 23.2 Å². The molecule has 0 saturated carbocycles. The summed E-state index contributed by atoms with van der Waals surface area (Å²) in [5.74, 6) is 2.75. The maximum Gasteiger partial charge on any atom is 0.229 e. The van der Waals surface area contributed by atoms with Crippen LogP contribution in [0.15, 0.2) is 34.8 Å². The summed E-state index contributed by atoms with van der Waals surface area (Å²) in [4.78, 5) is 15.7. The Morgan fingerprint density at radius 3 is 2.86 bits per heavy atom. The summed E-state index contributed by atoms with van der Waals surface area (Å²) in [5.41, 5.74) is 5.09. The Balaban J connectivity index is 1.49. The highest BCUT2D eigenvalue weighted by Crippen LogP contribution is 2.46. The van der Waals surface area contributed by atoms with Crippen molar-refractivity contribution in [1.82, 2.24) is 19.9 Å². The minimum atomic E-state index is -2.36. The van der Waals surface area contributed by atoms with Gasteiger partial charge in [-0.1, -0.05) is 6.07 Å². The van der Waals surface area contributed by atoms with Gasteiger partial charge in [0.15, 0.2) is 11.6 Å². The summed E-state index contributed by atoms with van der Waals surface area (Å²) in [6.07, 6.45) is 7.88. The lowest BCUT2D eigenvalue weighted by Crippen LogP contribution is -2.33. The smallest absolute Gasteiger partial charge is 0.229 e. The quantitative estimate of drug-likeness (QED) is 0.486. The number of ether oxygens (including phenoxy) is 1. The molecule has 0 amide bonds. The molecule has 37 heavy (non-hydrogen) atoms. The summed E-state index contributed by atoms with van der Waals surface area (Å²) >= 11 is 0. The number of anilines is 4. The molecule has 1 aliphatic carbocycles. The van der Waals surface area contributed by atoms with E-state index in [0.29, 0.717) is 29.3 Å². The van der Waals surface area contributed by atoms with Crippen molar-refractivity contribution in [3.8, 4) is 11.8 Å². The predicted octanol–water partition coefficient (Wildman–Crippen LogP) is 4.46. The number of nitriles is 1. The third-order valence-electron chi connectivity index (χ3n) is 6.52. The number of aromatic nitrogens is 3. The summed E-state index contributed by atoms with van der Waals surface area (Å²) in [5, 5.41) is 16.0. The molecule has 5 rings (SSSR count). The number of methoxy groups -OCH3 is 1. The van der Waals surface area contributed by atoms with Gasteiger partial charge in [-0.15, -0.1) is 0 Å². The zero-order valence-corrected chi connectivity index (χ0v) is 22.2. The van der Waals surface area contributed by atoms with Crippen LogP contribution in [0.5, 0.6) is 5.75 Å². The third kappa shape index (κ3) is 5.35. The Hall–Kier alpha value is -3.75. The van der Waals surface area contributed by atoms with Crippen LogP contribution in [0.3, 0.4) is 0 Å². The van der Waals surface area contributed by atoms with Crippen molar-refractivity contribution in [2.45, 2.75) is 31.7 Å². The van der Waals surface area contributed by atoms with Crippen LogP contribution >= 0.6 is 0 Å². The molecule has 1 atom stereocenters. The van der Waals surface area contributed by atoms with Gasteiger partial charge in [-0.05, 0) is 61.6 Å². The Labute approximate surface area is 217 Å². The van der Waals surface area contributed by atoms with Crippen LogP contribution in [-0.4, -0.2) is 57.3 Å². The van der Waals surface area contributed by atoms with Crippen LogP contribution in [0.2, 0.25) is 0 Å². The SMILES string of the molecule is COc1c(Nc2ncc(C#N)c(Nc3cccc(N=S(C)(C)=O)n3)n2)cc2c3c1CCCC3CN(C)C2. The first-order valence-electron chi connectivity index (χ1n) is 12.1. The molecule has 2 N–H and O–H groups in total. The average molecular weight is 519 g/mol. The van der Waals surface area contributed by atoms with E-state index >= 15 is 0 Å². The van der Waals surface area contributed by atoms with Gasteiger partial charge in [0.05, 0.1) is 19.0 Å². The van der Waals surface area contributed by atoms with E-state index in [1.54, 1.807) is 37.8 Å². The summed E-state index contributed by atoms with van der Waals surface area (Å²) in [6.45, 7) is 1.95. The maximum absolute atomic E-state index is 12.1. The molecule has 11 heteroatoms. The minimum absolute atomic E-state index is 0.265. The first-order chi connectivity index (χ1) is 17.7. The molecule has 2 aromatic heterocycles. The molecule has 0 radical (unpaired) electrons. The topological polar surface area (TPSA) is 128 Å². The van der Waals surface area contributed by atoms with Crippen molar-refractivity contribution in [3.63, 3.8) is 0 Å². The number of likely N-dealkylation sites (N-methyl/N-ethyl adjacent to an activating group) is 1. The van der Waals surface area contributed by atoms with Crippen LogP contribution in [0, 0.1) is 11.3 Å². The summed E-state index contributed by atoms with van der Waals surface area (Å²) < 4.78 is 22.1. The molecule has 0 spiro atoms. The monoisotopic (exact) mass is 518 g/mol. The molecule has 1 aliphatic heterocycles. The van der Waals surface area contributed by atoms with Crippen molar-refractivity contribution in [3.05, 3.63) is 52.7 Å². The third-order valence-corrected chi connectivity index (χ3v) is 7.15. The highest BCUT2D eigenvalue weighted by Gasteiger charge is 2.32. The molecule has 2 aliphatic rings. The lowest BCUT2D eigenvalue weighted by atomic mass is 9.77. The van der Waals surface area contributed by atoms with Crippen LogP contribution in [0.25, 0.3) is 0 Å². The molecule has 0 fully saturated rings. The highest BCUT2D eigenvalue weighted by atomic mass is 32.2. The number of nitrogens with one attached hydrogen (secondary N) is 2. The molecule has 3 aromatic rings. The second-order valence-corrected chi connectivity index (χ2v) is 12.3. The van der Waals surface area contributed by atoms with Gasteiger partial charge in [-0.2, -0.15) is 14.6 Å². The fraction of sp³-hybridized carbons (Fsp3) is 0.385. The van der Waals surface area contributed by atoms with Crippen molar-refractivity contribution in [1.29, 1.82) is 5.26 Å². The minimum Gasteiger partial charge on any atom is -0.494 e. The molecule has 1 aromatic carbocycles. The number of pyridine rings is 1. The van der Waals surface area contributed by atoms with E-state index in [1.807, 2.05) is 0 Å². The Morgan fingerprint density at radius 2 is 2.11 bits per heavy atom. The van der Waals surface area contributed by atoms with Gasteiger partial charge in [-0.3, -0.25) is 0 Å². The van der Waals surface area contributed by atoms with E-state index in [1.165, 1.54) is 29.3 Å². The van der Waals surface area contributed by atoms with Crippen LogP contribution in [0.4, 0.5) is 29.1 Å². The maximum atomic E-state index is 12.1. The molecular weight excluding hydrogens is 488 g/mol. The zero-order chi connectivity index (χ0) is 26.2. The zero-order valence-electron chi connectivity index (χ0n) is 21.4. The van der Waals surface area contributed by atoms with Crippen molar-refractivity contribution < 1.29 is 8.95 Å². The fourth-order valence-electron chi connectivity index (χ4n) is 5.22. The van der Waals surface area contributed by atoms with E-state index in [9.17, 15) is 9.47 Å².